The molecule has 0 unspecified atom stereocenters. The summed E-state index contributed by atoms with van der Waals surface area (Å²) in [5.74, 6) is -0.487. The Hall–Kier alpha value is -3.26. The van der Waals surface area contributed by atoms with Crippen molar-refractivity contribution in [2.75, 3.05) is 0 Å². The Morgan fingerprint density at radius 3 is 2.48 bits per heavy atom. The van der Waals surface area contributed by atoms with E-state index in [1.54, 1.807) is 12.1 Å². The largest absolute Gasteiger partial charge is 0.375 e. The molecule has 7 nitrogen and oxygen atoms in total. The molecular weight excluding hydrogens is 362 g/mol. The Balaban J connectivity index is 2.11. The average Bonchev–Trinajstić information content (AvgIpc) is 2.65. The van der Waals surface area contributed by atoms with Crippen LogP contribution in [0, 0.1) is 13.8 Å². The molecule has 0 aliphatic rings. The topological polar surface area (TPSA) is 102 Å². The molecule has 1 aromatic heterocycles. The van der Waals surface area contributed by atoms with Gasteiger partial charge in [-0.25, -0.2) is 4.68 Å². The van der Waals surface area contributed by atoms with Gasteiger partial charge in [-0.05, 0) is 49.3 Å². The summed E-state index contributed by atoms with van der Waals surface area (Å²) in [5, 5.41) is 5.62. The van der Waals surface area contributed by atoms with Crippen molar-refractivity contribution in [2.24, 2.45) is 5.73 Å². The first-order valence-electron chi connectivity index (χ1n) is 8.28. The first-order chi connectivity index (χ1) is 12.9. The number of hydrogen-bond donors (Lipinski definition) is 3. The molecule has 0 saturated heterocycles. The van der Waals surface area contributed by atoms with E-state index in [1.807, 2.05) is 44.2 Å². The van der Waals surface area contributed by atoms with E-state index in [4.69, 9.17) is 5.73 Å². The second-order valence-electron chi connectivity index (χ2n) is 6.19. The van der Waals surface area contributed by atoms with Crippen LogP contribution in [0.25, 0.3) is 22.0 Å². The molecule has 8 heteroatoms. The van der Waals surface area contributed by atoms with Gasteiger partial charge in [0, 0.05) is 10.9 Å². The fourth-order valence-corrected chi connectivity index (χ4v) is 2.80. The zero-order chi connectivity index (χ0) is 19.6. The zero-order valence-electron chi connectivity index (χ0n) is 14.9. The molecule has 0 saturated carbocycles. The quantitative estimate of drug-likeness (QED) is 0.470. The Kier molecular flexibility index (Phi) is 5.18. The van der Waals surface area contributed by atoms with Crippen molar-refractivity contribution in [1.82, 2.24) is 20.6 Å². The summed E-state index contributed by atoms with van der Waals surface area (Å²) in [5.41, 5.74) is 13.4. The number of hydrogen-bond acceptors (Lipinski definition) is 4. The molecule has 0 bridgehead atoms. The molecule has 0 spiro atoms. The highest BCUT2D eigenvalue weighted by Gasteiger charge is 2.14. The van der Waals surface area contributed by atoms with Crippen LogP contribution >= 0.6 is 12.2 Å². The molecule has 2 aromatic carbocycles. The van der Waals surface area contributed by atoms with Gasteiger partial charge in [-0.15, -0.1) is 0 Å². The minimum absolute atomic E-state index is 0.0713. The molecule has 0 aliphatic heterocycles. The maximum absolute atomic E-state index is 12.8. The summed E-state index contributed by atoms with van der Waals surface area (Å²) in [6.07, 6.45) is 0. The van der Waals surface area contributed by atoms with Crippen molar-refractivity contribution < 1.29 is 4.79 Å². The van der Waals surface area contributed by atoms with Gasteiger partial charge in [-0.1, -0.05) is 30.3 Å². The van der Waals surface area contributed by atoms with Gasteiger partial charge in [-0.2, -0.15) is 5.10 Å². The molecule has 27 heavy (non-hydrogen) atoms. The van der Waals surface area contributed by atoms with E-state index in [1.165, 1.54) is 5.56 Å². The monoisotopic (exact) mass is 381 g/mol. The Bertz CT molecular complexity index is 1110. The van der Waals surface area contributed by atoms with E-state index >= 15 is 0 Å². The normalized spacial score (nSPS) is 10.6. The summed E-state index contributed by atoms with van der Waals surface area (Å²) < 4.78 is 1.14. The van der Waals surface area contributed by atoms with E-state index in [-0.39, 0.29) is 17.2 Å². The molecule has 0 radical (unpaired) electrons. The fourth-order valence-electron chi connectivity index (χ4n) is 2.75. The fraction of sp³-hybridized carbons (Fsp3) is 0.158. The van der Waals surface area contributed by atoms with Crippen LogP contribution in [-0.2, 0) is 11.3 Å². The number of carbonyl (C=O) groups is 1. The number of benzene rings is 2. The number of nitrogens with two attached hydrogens (primary N) is 1. The number of nitrogens with zero attached hydrogens (tertiary/aromatic N) is 2. The standard InChI is InChI=1S/C19H19N5O2S/c1-11-7-8-13(9-12(11)2)17-14-5-3-4-6-15(14)18(26)24(23-17)10-16(25)21-22-19(20)27/h3-9H,10H2,1-2H3,(H,21,25)(H3,20,22,27). The predicted octanol–water partition coefficient (Wildman–Crippen LogP) is 1.54. The van der Waals surface area contributed by atoms with E-state index in [2.05, 4.69) is 28.2 Å². The van der Waals surface area contributed by atoms with Gasteiger partial charge in [-0.3, -0.25) is 20.4 Å². The van der Waals surface area contributed by atoms with Crippen LogP contribution in [0.4, 0.5) is 0 Å². The molecule has 1 amide bonds. The third kappa shape index (κ3) is 3.95. The highest BCUT2D eigenvalue weighted by atomic mass is 32.1. The SMILES string of the molecule is Cc1ccc(-c2nn(CC(=O)NNC(N)=S)c(=O)c3ccccc23)cc1C. The molecule has 4 N–H and O–H groups in total. The third-order valence-corrected chi connectivity index (χ3v) is 4.37. The maximum atomic E-state index is 12.8. The minimum atomic E-state index is -0.487. The number of amides is 1. The van der Waals surface area contributed by atoms with Crippen LogP contribution in [0.15, 0.2) is 47.3 Å². The Morgan fingerprint density at radius 2 is 1.81 bits per heavy atom. The second-order valence-corrected chi connectivity index (χ2v) is 6.63. The number of fused-ring (bicyclic) bond motifs is 1. The van der Waals surface area contributed by atoms with E-state index in [9.17, 15) is 9.59 Å². The summed E-state index contributed by atoms with van der Waals surface area (Å²) >= 11 is 4.64. The van der Waals surface area contributed by atoms with Gasteiger partial charge >= 0.3 is 0 Å². The van der Waals surface area contributed by atoms with Gasteiger partial charge in [0.2, 0.25) is 0 Å². The van der Waals surface area contributed by atoms with Crippen LogP contribution in [0.5, 0.6) is 0 Å². The summed E-state index contributed by atoms with van der Waals surface area (Å²) in [7, 11) is 0. The molecule has 1 heterocycles. The molecule has 0 atom stereocenters. The lowest BCUT2D eigenvalue weighted by atomic mass is 10.0. The van der Waals surface area contributed by atoms with E-state index in [0.29, 0.717) is 11.1 Å². The lowest BCUT2D eigenvalue weighted by molar-refractivity contribution is -0.122. The highest BCUT2D eigenvalue weighted by Crippen LogP contribution is 2.26. The zero-order valence-corrected chi connectivity index (χ0v) is 15.8. The van der Waals surface area contributed by atoms with Gasteiger partial charge in [0.1, 0.15) is 6.54 Å². The molecule has 3 rings (SSSR count). The van der Waals surface area contributed by atoms with E-state index < -0.39 is 5.91 Å². The smallest absolute Gasteiger partial charge is 0.275 e. The van der Waals surface area contributed by atoms with Crippen molar-refractivity contribution >= 4 is 34.0 Å². The molecule has 0 fully saturated rings. The number of carbonyl (C=O) groups excluding carboxylic acids is 1. The lowest BCUT2D eigenvalue weighted by Gasteiger charge is -2.12. The van der Waals surface area contributed by atoms with Crippen molar-refractivity contribution in [2.45, 2.75) is 20.4 Å². The van der Waals surface area contributed by atoms with Crippen molar-refractivity contribution in [1.29, 1.82) is 0 Å². The number of aryl methyl sites for hydroxylation is 2. The minimum Gasteiger partial charge on any atom is -0.375 e. The molecular formula is C19H19N5O2S. The molecule has 3 aromatic rings. The molecule has 138 valence electrons. The Labute approximate surface area is 161 Å². The van der Waals surface area contributed by atoms with Gasteiger partial charge in [0.25, 0.3) is 11.5 Å². The summed E-state index contributed by atoms with van der Waals surface area (Å²) in [6, 6.07) is 13.2. The first-order valence-corrected chi connectivity index (χ1v) is 8.69. The molecule has 0 aliphatic carbocycles. The van der Waals surface area contributed by atoms with Crippen molar-refractivity contribution in [3.8, 4) is 11.3 Å². The highest BCUT2D eigenvalue weighted by molar-refractivity contribution is 7.80. The second kappa shape index (κ2) is 7.55. The number of hydrazine groups is 1. The van der Waals surface area contributed by atoms with Crippen LogP contribution < -0.4 is 22.1 Å². The third-order valence-electron chi connectivity index (χ3n) is 4.27. The van der Waals surface area contributed by atoms with Gasteiger partial charge < -0.3 is 5.73 Å². The van der Waals surface area contributed by atoms with Crippen LogP contribution in [0.1, 0.15) is 11.1 Å². The number of rotatable bonds is 3. The van der Waals surface area contributed by atoms with Crippen molar-refractivity contribution in [3.63, 3.8) is 0 Å². The van der Waals surface area contributed by atoms with Crippen molar-refractivity contribution in [3.05, 3.63) is 63.9 Å². The average molecular weight is 381 g/mol. The first kappa shape index (κ1) is 18.5. The van der Waals surface area contributed by atoms with Crippen LogP contribution in [0.2, 0.25) is 0 Å². The van der Waals surface area contributed by atoms with E-state index in [0.717, 1.165) is 21.2 Å². The van der Waals surface area contributed by atoms with Crippen LogP contribution in [0.3, 0.4) is 0 Å². The lowest BCUT2D eigenvalue weighted by Crippen LogP contribution is -2.46. The van der Waals surface area contributed by atoms with Gasteiger partial charge in [0.15, 0.2) is 5.11 Å². The number of aromatic nitrogens is 2. The summed E-state index contributed by atoms with van der Waals surface area (Å²) in [4.78, 5) is 24.8. The predicted molar refractivity (Wildman–Crippen MR) is 109 cm³/mol. The number of thiocarbonyl (C=S) groups is 1. The maximum Gasteiger partial charge on any atom is 0.275 e. The van der Waals surface area contributed by atoms with Gasteiger partial charge in [0.05, 0.1) is 11.1 Å². The summed E-state index contributed by atoms with van der Waals surface area (Å²) in [6.45, 7) is 3.79. The number of nitrogens with one attached hydrogen (secondary N) is 2. The Morgan fingerprint density at radius 1 is 1.11 bits per heavy atom. The van der Waals surface area contributed by atoms with Crippen LogP contribution in [-0.4, -0.2) is 20.8 Å².